The molecule has 0 saturated heterocycles. The van der Waals surface area contributed by atoms with Crippen molar-refractivity contribution in [1.82, 2.24) is 5.32 Å². The van der Waals surface area contributed by atoms with Gasteiger partial charge in [-0.25, -0.2) is 0 Å². The highest BCUT2D eigenvalue weighted by Gasteiger charge is 2.58. The van der Waals surface area contributed by atoms with Crippen LogP contribution in [0.25, 0.3) is 0 Å². The highest BCUT2D eigenvalue weighted by atomic mass is 16.5. The van der Waals surface area contributed by atoms with E-state index >= 15 is 0 Å². The number of terminal acetylenes is 1. The molecule has 0 aromatic carbocycles. The second-order valence-electron chi connectivity index (χ2n) is 4.65. The smallest absolute Gasteiger partial charge is 0.0660 e. The van der Waals surface area contributed by atoms with Crippen LogP contribution in [-0.4, -0.2) is 25.3 Å². The van der Waals surface area contributed by atoms with Crippen molar-refractivity contribution in [1.29, 1.82) is 0 Å². The second kappa shape index (κ2) is 3.56. The molecule has 2 fully saturated rings. The molecule has 2 aliphatic rings. The molecule has 0 aromatic rings. The summed E-state index contributed by atoms with van der Waals surface area (Å²) in [7, 11) is 1.82. The Morgan fingerprint density at radius 2 is 2.29 bits per heavy atom. The summed E-state index contributed by atoms with van der Waals surface area (Å²) in [6, 6.07) is 0.780. The van der Waals surface area contributed by atoms with E-state index in [-0.39, 0.29) is 6.04 Å². The first-order chi connectivity index (χ1) is 6.73. The molecule has 14 heavy (non-hydrogen) atoms. The molecule has 3 atom stereocenters. The fourth-order valence-corrected chi connectivity index (χ4v) is 2.92. The van der Waals surface area contributed by atoms with E-state index in [1.165, 1.54) is 19.3 Å². The first-order valence-corrected chi connectivity index (χ1v) is 5.48. The Bertz CT molecular complexity index is 252. The minimum absolute atomic E-state index is 0.190. The maximum atomic E-state index is 5.50. The zero-order chi connectivity index (χ0) is 10.2. The van der Waals surface area contributed by atoms with Gasteiger partial charge in [0.15, 0.2) is 0 Å². The molecule has 78 valence electrons. The van der Waals surface area contributed by atoms with Crippen LogP contribution >= 0.6 is 0 Å². The van der Waals surface area contributed by atoms with Crippen molar-refractivity contribution in [3.05, 3.63) is 0 Å². The average Bonchev–Trinajstić information content (AvgIpc) is 2.08. The van der Waals surface area contributed by atoms with E-state index < -0.39 is 0 Å². The Kier molecular flexibility index (Phi) is 2.55. The van der Waals surface area contributed by atoms with Gasteiger partial charge < -0.3 is 10.1 Å². The molecule has 0 radical (unpaired) electrons. The van der Waals surface area contributed by atoms with Gasteiger partial charge >= 0.3 is 0 Å². The molecule has 0 amide bonds. The van der Waals surface area contributed by atoms with Crippen LogP contribution in [0, 0.1) is 17.8 Å². The lowest BCUT2D eigenvalue weighted by Gasteiger charge is -2.61. The molecule has 1 spiro atoms. The fraction of sp³-hybridized carbons (Fsp3) is 0.833. The molecule has 0 heterocycles. The standard InChI is InChI=1S/C12H19NO/c1-4-9(2)13-10-8-11(14-3)12(10)6-5-7-12/h1,9-11,13H,5-8H2,2-3H3. The minimum Gasteiger partial charge on any atom is -0.381 e. The van der Waals surface area contributed by atoms with Crippen LogP contribution in [0.2, 0.25) is 0 Å². The van der Waals surface area contributed by atoms with Gasteiger partial charge in [-0.15, -0.1) is 6.42 Å². The molecule has 0 aliphatic heterocycles. The Balaban J connectivity index is 1.93. The molecule has 3 unspecified atom stereocenters. The molecule has 2 heteroatoms. The van der Waals surface area contributed by atoms with Crippen LogP contribution < -0.4 is 5.32 Å². The van der Waals surface area contributed by atoms with E-state index in [1.54, 1.807) is 0 Å². The van der Waals surface area contributed by atoms with Gasteiger partial charge in [-0.05, 0) is 26.2 Å². The van der Waals surface area contributed by atoms with E-state index in [1.807, 2.05) is 14.0 Å². The molecule has 2 rings (SSSR count). The zero-order valence-electron chi connectivity index (χ0n) is 9.05. The number of nitrogens with one attached hydrogen (secondary N) is 1. The average molecular weight is 193 g/mol. The van der Waals surface area contributed by atoms with Gasteiger partial charge in [0, 0.05) is 18.6 Å². The van der Waals surface area contributed by atoms with Gasteiger partial charge in [-0.2, -0.15) is 0 Å². The Hall–Kier alpha value is -0.520. The third kappa shape index (κ3) is 1.27. The van der Waals surface area contributed by atoms with Gasteiger partial charge in [0.25, 0.3) is 0 Å². The summed E-state index contributed by atoms with van der Waals surface area (Å²) in [6.07, 6.45) is 10.9. The third-order valence-corrected chi connectivity index (χ3v) is 4.06. The Labute approximate surface area is 86.4 Å². The summed E-state index contributed by atoms with van der Waals surface area (Å²) in [6.45, 7) is 2.05. The van der Waals surface area contributed by atoms with Crippen LogP contribution in [0.4, 0.5) is 0 Å². The summed E-state index contributed by atoms with van der Waals surface area (Å²) >= 11 is 0. The summed E-state index contributed by atoms with van der Waals surface area (Å²) in [4.78, 5) is 0. The number of ether oxygens (including phenoxy) is 1. The van der Waals surface area contributed by atoms with Gasteiger partial charge in [-0.3, -0.25) is 0 Å². The summed E-state index contributed by atoms with van der Waals surface area (Å²) < 4.78 is 5.50. The first kappa shape index (κ1) is 10.0. The highest BCUT2D eigenvalue weighted by Crippen LogP contribution is 2.57. The summed E-state index contributed by atoms with van der Waals surface area (Å²) in [5.41, 5.74) is 0.430. The van der Waals surface area contributed by atoms with Crippen molar-refractivity contribution in [2.45, 2.75) is 50.8 Å². The van der Waals surface area contributed by atoms with Crippen molar-refractivity contribution in [3.63, 3.8) is 0 Å². The summed E-state index contributed by atoms with van der Waals surface area (Å²) in [5.74, 6) is 2.73. The van der Waals surface area contributed by atoms with Crippen LogP contribution in [0.3, 0.4) is 0 Å². The van der Waals surface area contributed by atoms with E-state index in [0.717, 1.165) is 6.42 Å². The van der Waals surface area contributed by atoms with Crippen molar-refractivity contribution in [3.8, 4) is 12.3 Å². The SMILES string of the molecule is C#CC(C)NC1CC(OC)C12CCC2. The van der Waals surface area contributed by atoms with E-state index in [4.69, 9.17) is 11.2 Å². The van der Waals surface area contributed by atoms with Crippen LogP contribution in [0.1, 0.15) is 32.6 Å². The molecule has 0 bridgehead atoms. The summed E-state index contributed by atoms with van der Waals surface area (Å²) in [5, 5.41) is 3.51. The van der Waals surface area contributed by atoms with Gasteiger partial charge in [0.05, 0.1) is 12.1 Å². The molecule has 1 N–H and O–H groups in total. The van der Waals surface area contributed by atoms with Crippen molar-refractivity contribution in [2.24, 2.45) is 5.41 Å². The number of methoxy groups -OCH3 is 1. The number of hydrogen-bond donors (Lipinski definition) is 1. The predicted octanol–water partition coefficient (Wildman–Crippen LogP) is 1.56. The molecule has 2 saturated carbocycles. The number of rotatable bonds is 3. The highest BCUT2D eigenvalue weighted by molar-refractivity contribution is 5.14. The largest absolute Gasteiger partial charge is 0.381 e. The van der Waals surface area contributed by atoms with Crippen LogP contribution in [0.15, 0.2) is 0 Å². The molecular weight excluding hydrogens is 174 g/mol. The van der Waals surface area contributed by atoms with E-state index in [9.17, 15) is 0 Å². The van der Waals surface area contributed by atoms with Gasteiger partial charge in [-0.1, -0.05) is 12.3 Å². The van der Waals surface area contributed by atoms with E-state index in [2.05, 4.69) is 11.2 Å². The Morgan fingerprint density at radius 3 is 2.71 bits per heavy atom. The monoisotopic (exact) mass is 193 g/mol. The topological polar surface area (TPSA) is 21.3 Å². The lowest BCUT2D eigenvalue weighted by atomic mass is 9.51. The first-order valence-electron chi connectivity index (χ1n) is 5.48. The van der Waals surface area contributed by atoms with Crippen molar-refractivity contribution in [2.75, 3.05) is 7.11 Å². The van der Waals surface area contributed by atoms with Crippen molar-refractivity contribution >= 4 is 0 Å². The van der Waals surface area contributed by atoms with Gasteiger partial charge in [0.2, 0.25) is 0 Å². The Morgan fingerprint density at radius 1 is 1.57 bits per heavy atom. The predicted molar refractivity (Wildman–Crippen MR) is 56.9 cm³/mol. The minimum atomic E-state index is 0.190. The maximum absolute atomic E-state index is 5.50. The third-order valence-electron chi connectivity index (χ3n) is 4.06. The van der Waals surface area contributed by atoms with Crippen LogP contribution in [0.5, 0.6) is 0 Å². The molecular formula is C12H19NO. The normalized spacial score (nSPS) is 35.5. The lowest BCUT2D eigenvalue weighted by molar-refractivity contribution is -0.162. The maximum Gasteiger partial charge on any atom is 0.0660 e. The van der Waals surface area contributed by atoms with E-state index in [0.29, 0.717) is 17.6 Å². The zero-order valence-corrected chi connectivity index (χ0v) is 9.05. The van der Waals surface area contributed by atoms with Crippen LogP contribution in [-0.2, 0) is 4.74 Å². The lowest BCUT2D eigenvalue weighted by Crippen LogP contribution is -2.67. The van der Waals surface area contributed by atoms with Crippen molar-refractivity contribution < 1.29 is 4.74 Å². The second-order valence-corrected chi connectivity index (χ2v) is 4.65. The molecule has 0 aromatic heterocycles. The number of hydrogen-bond acceptors (Lipinski definition) is 2. The quantitative estimate of drug-likeness (QED) is 0.687. The fourth-order valence-electron chi connectivity index (χ4n) is 2.92. The van der Waals surface area contributed by atoms with Gasteiger partial charge in [0.1, 0.15) is 0 Å². The molecule has 2 aliphatic carbocycles. The molecule has 2 nitrogen and oxygen atoms in total.